The number of carbonyl (C=O) groups is 1. The van der Waals surface area contributed by atoms with Gasteiger partial charge in [-0.3, -0.25) is 4.79 Å². The van der Waals surface area contributed by atoms with Gasteiger partial charge in [0.1, 0.15) is 0 Å². The van der Waals surface area contributed by atoms with E-state index in [1.54, 1.807) is 13.8 Å². The Bertz CT molecular complexity index is 147. The molecule has 0 N–H and O–H groups in total. The summed E-state index contributed by atoms with van der Waals surface area (Å²) in [5.41, 5.74) is 0. The van der Waals surface area contributed by atoms with Crippen molar-refractivity contribution < 1.29 is 9.53 Å². The van der Waals surface area contributed by atoms with Gasteiger partial charge in [-0.05, 0) is 13.8 Å². The quantitative estimate of drug-likeness (QED) is 0.465. The largest absolute Gasteiger partial charge is 0.487 e. The van der Waals surface area contributed by atoms with E-state index >= 15 is 0 Å². The van der Waals surface area contributed by atoms with Gasteiger partial charge in [-0.15, -0.1) is 0 Å². The molecule has 0 saturated carbocycles. The topological polar surface area (TPSA) is 26.3 Å². The molecule has 8 heavy (non-hydrogen) atoms. The first kappa shape index (κ1) is 5.35. The zero-order valence-electron chi connectivity index (χ0n) is 4.97. The molecule has 0 spiro atoms. The molecule has 44 valence electrons. The monoisotopic (exact) mass is 112 g/mol. The molecular formula is C6H8O2. The number of ketones is 1. The predicted molar refractivity (Wildman–Crippen MR) is 29.3 cm³/mol. The molecule has 0 aromatic carbocycles. The second-order valence-corrected chi connectivity index (χ2v) is 1.92. The van der Waals surface area contributed by atoms with Gasteiger partial charge in [0, 0.05) is 6.08 Å². The van der Waals surface area contributed by atoms with Gasteiger partial charge in [0.25, 0.3) is 0 Å². The van der Waals surface area contributed by atoms with Crippen LogP contribution in [0.2, 0.25) is 0 Å². The van der Waals surface area contributed by atoms with Gasteiger partial charge in [0.05, 0.1) is 5.76 Å². The molecular weight excluding hydrogens is 104 g/mol. The van der Waals surface area contributed by atoms with Crippen LogP contribution in [0.1, 0.15) is 13.8 Å². The highest BCUT2D eigenvalue weighted by molar-refractivity contribution is 5.95. The molecule has 0 aromatic rings. The minimum Gasteiger partial charge on any atom is -0.487 e. The van der Waals surface area contributed by atoms with Crippen LogP contribution in [-0.2, 0) is 9.53 Å². The van der Waals surface area contributed by atoms with Crippen LogP contribution in [0.25, 0.3) is 0 Å². The summed E-state index contributed by atoms with van der Waals surface area (Å²) in [6.45, 7) is 3.52. The maximum Gasteiger partial charge on any atom is 0.199 e. The number of carbonyl (C=O) groups excluding carboxylic acids is 1. The summed E-state index contributed by atoms with van der Waals surface area (Å²) >= 11 is 0. The van der Waals surface area contributed by atoms with Gasteiger partial charge in [-0.1, -0.05) is 0 Å². The number of hydrogen-bond acceptors (Lipinski definition) is 2. The van der Waals surface area contributed by atoms with Crippen LogP contribution < -0.4 is 0 Å². The van der Waals surface area contributed by atoms with Gasteiger partial charge in [0.2, 0.25) is 0 Å². The van der Waals surface area contributed by atoms with Crippen molar-refractivity contribution in [3.8, 4) is 0 Å². The third-order valence-electron chi connectivity index (χ3n) is 1.11. The Hall–Kier alpha value is -0.790. The Morgan fingerprint density at radius 1 is 1.75 bits per heavy atom. The average Bonchev–Trinajstić information content (AvgIpc) is 1.85. The summed E-state index contributed by atoms with van der Waals surface area (Å²) in [6.07, 6.45) is 1.28. The van der Waals surface area contributed by atoms with Crippen molar-refractivity contribution in [3.05, 3.63) is 11.8 Å². The minimum atomic E-state index is -0.241. The molecule has 1 rings (SSSR count). The van der Waals surface area contributed by atoms with Crippen molar-refractivity contribution in [2.24, 2.45) is 0 Å². The van der Waals surface area contributed by atoms with Crippen LogP contribution in [0, 0.1) is 0 Å². The lowest BCUT2D eigenvalue weighted by molar-refractivity contribution is -0.119. The number of hydrogen-bond donors (Lipinski definition) is 0. The van der Waals surface area contributed by atoms with Gasteiger partial charge >= 0.3 is 0 Å². The van der Waals surface area contributed by atoms with Crippen molar-refractivity contribution in [1.29, 1.82) is 0 Å². The normalized spacial score (nSPS) is 27.5. The third-order valence-corrected chi connectivity index (χ3v) is 1.11. The molecule has 1 heterocycles. The molecule has 0 radical (unpaired) electrons. The predicted octanol–water partition coefficient (Wildman–Crippen LogP) is 0.878. The summed E-state index contributed by atoms with van der Waals surface area (Å²) in [6, 6.07) is 0. The fourth-order valence-electron chi connectivity index (χ4n) is 0.689. The van der Waals surface area contributed by atoms with Crippen molar-refractivity contribution in [2.45, 2.75) is 20.0 Å². The molecule has 0 aromatic heterocycles. The molecule has 0 unspecified atom stereocenters. The molecule has 0 saturated heterocycles. The standard InChI is InChI=1S/C6H8O2/c1-4-3-6(7)5(2)8-4/h3,5H,1-2H3/t5-/m1/s1. The van der Waals surface area contributed by atoms with Gasteiger partial charge in [0.15, 0.2) is 11.9 Å². The highest BCUT2D eigenvalue weighted by atomic mass is 16.5. The Morgan fingerprint density at radius 2 is 2.38 bits per heavy atom. The smallest absolute Gasteiger partial charge is 0.199 e. The first-order valence-corrected chi connectivity index (χ1v) is 2.59. The maximum absolute atomic E-state index is 10.6. The van der Waals surface area contributed by atoms with E-state index in [4.69, 9.17) is 4.74 Å². The summed E-state index contributed by atoms with van der Waals surface area (Å²) < 4.78 is 4.98. The van der Waals surface area contributed by atoms with Crippen LogP contribution in [0.5, 0.6) is 0 Å². The maximum atomic E-state index is 10.6. The van der Waals surface area contributed by atoms with Gasteiger partial charge < -0.3 is 4.74 Å². The van der Waals surface area contributed by atoms with E-state index in [2.05, 4.69) is 0 Å². The molecule has 2 heteroatoms. The first-order valence-electron chi connectivity index (χ1n) is 2.59. The number of allylic oxidation sites excluding steroid dienone is 1. The second kappa shape index (κ2) is 1.62. The molecule has 0 amide bonds. The summed E-state index contributed by atoms with van der Waals surface area (Å²) in [7, 11) is 0. The fourth-order valence-corrected chi connectivity index (χ4v) is 0.689. The highest BCUT2D eigenvalue weighted by Crippen LogP contribution is 2.11. The summed E-state index contributed by atoms with van der Waals surface area (Å²) in [5.74, 6) is 0.796. The Kier molecular flexibility index (Phi) is 1.08. The molecule has 1 atom stereocenters. The third kappa shape index (κ3) is 0.735. The molecule has 1 aliphatic rings. The fraction of sp³-hybridized carbons (Fsp3) is 0.500. The Labute approximate surface area is 48.1 Å². The van der Waals surface area contributed by atoms with Gasteiger partial charge in [-0.2, -0.15) is 0 Å². The van der Waals surface area contributed by atoms with E-state index in [9.17, 15) is 4.79 Å². The highest BCUT2D eigenvalue weighted by Gasteiger charge is 2.18. The number of rotatable bonds is 0. The van der Waals surface area contributed by atoms with Crippen molar-refractivity contribution in [2.75, 3.05) is 0 Å². The van der Waals surface area contributed by atoms with E-state index in [1.165, 1.54) is 6.08 Å². The van der Waals surface area contributed by atoms with E-state index in [-0.39, 0.29) is 11.9 Å². The van der Waals surface area contributed by atoms with E-state index in [1.807, 2.05) is 0 Å². The first-order chi connectivity index (χ1) is 3.70. The summed E-state index contributed by atoms with van der Waals surface area (Å²) in [5, 5.41) is 0. The van der Waals surface area contributed by atoms with Crippen molar-refractivity contribution in [3.63, 3.8) is 0 Å². The van der Waals surface area contributed by atoms with Crippen molar-refractivity contribution in [1.82, 2.24) is 0 Å². The lowest BCUT2D eigenvalue weighted by atomic mass is 10.3. The Morgan fingerprint density at radius 3 is 2.50 bits per heavy atom. The lowest BCUT2D eigenvalue weighted by Crippen LogP contribution is -2.09. The van der Waals surface area contributed by atoms with E-state index in [0.717, 1.165) is 5.76 Å². The van der Waals surface area contributed by atoms with Crippen LogP contribution in [-0.4, -0.2) is 11.9 Å². The SMILES string of the molecule is CC1=CC(=O)[C@@H](C)O1. The van der Waals surface area contributed by atoms with Crippen LogP contribution >= 0.6 is 0 Å². The zero-order chi connectivity index (χ0) is 6.15. The average molecular weight is 112 g/mol. The zero-order valence-corrected chi connectivity index (χ0v) is 4.97. The van der Waals surface area contributed by atoms with Crippen LogP contribution in [0.15, 0.2) is 11.8 Å². The lowest BCUT2D eigenvalue weighted by Gasteiger charge is -2.00. The second-order valence-electron chi connectivity index (χ2n) is 1.92. The van der Waals surface area contributed by atoms with Crippen molar-refractivity contribution >= 4 is 5.78 Å². The number of ether oxygens (including phenoxy) is 1. The summed E-state index contributed by atoms with van der Waals surface area (Å²) in [4.78, 5) is 10.6. The van der Waals surface area contributed by atoms with Crippen LogP contribution in [0.3, 0.4) is 0 Å². The molecule has 0 fully saturated rings. The Balaban J connectivity index is 2.70. The molecule has 0 aliphatic carbocycles. The molecule has 0 bridgehead atoms. The molecule has 1 aliphatic heterocycles. The molecule has 2 nitrogen and oxygen atoms in total. The van der Waals surface area contributed by atoms with E-state index < -0.39 is 0 Å². The van der Waals surface area contributed by atoms with Gasteiger partial charge in [-0.25, -0.2) is 0 Å². The minimum absolute atomic E-state index is 0.0718. The van der Waals surface area contributed by atoms with E-state index in [0.29, 0.717) is 0 Å². The van der Waals surface area contributed by atoms with Crippen LogP contribution in [0.4, 0.5) is 0 Å².